The lowest BCUT2D eigenvalue weighted by Crippen LogP contribution is -2.03. The molecule has 0 unspecified atom stereocenters. The molecule has 1 aromatic carbocycles. The van der Waals surface area contributed by atoms with Crippen LogP contribution < -0.4 is 0 Å². The van der Waals surface area contributed by atoms with Crippen LogP contribution in [-0.4, -0.2) is 29.1 Å². The Morgan fingerprint density at radius 2 is 1.95 bits per heavy atom. The van der Waals surface area contributed by atoms with Crippen molar-refractivity contribution in [1.82, 2.24) is 4.98 Å². The molecule has 0 saturated carbocycles. The molecular formula is C14H10FNO4. The van der Waals surface area contributed by atoms with Gasteiger partial charge >= 0.3 is 11.9 Å². The van der Waals surface area contributed by atoms with Gasteiger partial charge in [-0.3, -0.25) is 0 Å². The summed E-state index contributed by atoms with van der Waals surface area (Å²) in [6.45, 7) is 0. The minimum Gasteiger partial charge on any atom is -0.477 e. The number of aromatic carboxylic acids is 1. The van der Waals surface area contributed by atoms with Gasteiger partial charge in [0.1, 0.15) is 11.5 Å². The van der Waals surface area contributed by atoms with E-state index in [1.165, 1.54) is 37.6 Å². The van der Waals surface area contributed by atoms with Crippen LogP contribution in [0.1, 0.15) is 20.8 Å². The highest BCUT2D eigenvalue weighted by molar-refractivity contribution is 5.91. The van der Waals surface area contributed by atoms with Crippen LogP contribution in [0.4, 0.5) is 4.39 Å². The molecule has 0 aliphatic carbocycles. The predicted octanol–water partition coefficient (Wildman–Crippen LogP) is 2.37. The number of pyridine rings is 1. The van der Waals surface area contributed by atoms with E-state index in [4.69, 9.17) is 5.11 Å². The first-order valence-electron chi connectivity index (χ1n) is 5.60. The molecule has 0 bridgehead atoms. The molecule has 0 amide bonds. The number of carbonyl (C=O) groups is 2. The summed E-state index contributed by atoms with van der Waals surface area (Å²) >= 11 is 0. The Balaban J connectivity index is 2.52. The Hall–Kier alpha value is -2.76. The first kappa shape index (κ1) is 13.7. The van der Waals surface area contributed by atoms with Gasteiger partial charge in [-0.2, -0.15) is 0 Å². The molecule has 102 valence electrons. The molecule has 0 spiro atoms. The second-order valence-corrected chi connectivity index (χ2v) is 3.96. The fourth-order valence-corrected chi connectivity index (χ4v) is 1.72. The zero-order valence-corrected chi connectivity index (χ0v) is 10.5. The zero-order valence-electron chi connectivity index (χ0n) is 10.5. The van der Waals surface area contributed by atoms with Crippen LogP contribution in [0, 0.1) is 5.82 Å². The predicted molar refractivity (Wildman–Crippen MR) is 67.9 cm³/mol. The molecule has 2 rings (SSSR count). The maximum atomic E-state index is 13.5. The van der Waals surface area contributed by atoms with E-state index in [0.29, 0.717) is 11.1 Å². The normalized spacial score (nSPS) is 10.1. The fourth-order valence-electron chi connectivity index (χ4n) is 1.72. The first-order valence-corrected chi connectivity index (χ1v) is 5.60. The van der Waals surface area contributed by atoms with Gasteiger partial charge in [-0.15, -0.1) is 0 Å². The Kier molecular flexibility index (Phi) is 3.74. The second kappa shape index (κ2) is 5.48. The summed E-state index contributed by atoms with van der Waals surface area (Å²) in [5, 5.41) is 8.88. The molecule has 0 radical (unpaired) electrons. The Labute approximate surface area is 113 Å². The number of ether oxygens (including phenoxy) is 1. The van der Waals surface area contributed by atoms with Gasteiger partial charge in [-0.25, -0.2) is 19.0 Å². The minimum absolute atomic E-state index is 0.0520. The van der Waals surface area contributed by atoms with Gasteiger partial charge in [-0.05, 0) is 41.5 Å². The van der Waals surface area contributed by atoms with E-state index in [1.807, 2.05) is 0 Å². The number of esters is 1. The van der Waals surface area contributed by atoms with Crippen LogP contribution in [0.15, 0.2) is 36.5 Å². The van der Waals surface area contributed by atoms with E-state index in [-0.39, 0.29) is 11.3 Å². The third-order valence-electron chi connectivity index (χ3n) is 2.63. The molecule has 1 N–H and O–H groups in total. The monoisotopic (exact) mass is 275 g/mol. The van der Waals surface area contributed by atoms with Crippen molar-refractivity contribution >= 4 is 11.9 Å². The Morgan fingerprint density at radius 1 is 1.20 bits per heavy atom. The van der Waals surface area contributed by atoms with Crippen LogP contribution in [0.2, 0.25) is 0 Å². The maximum Gasteiger partial charge on any atom is 0.354 e. The van der Waals surface area contributed by atoms with E-state index in [2.05, 4.69) is 9.72 Å². The topological polar surface area (TPSA) is 76.5 Å². The molecule has 5 nitrogen and oxygen atoms in total. The summed E-state index contributed by atoms with van der Waals surface area (Å²) in [6, 6.07) is 6.51. The number of hydrogen-bond donors (Lipinski definition) is 1. The molecule has 0 fully saturated rings. The van der Waals surface area contributed by atoms with Crippen molar-refractivity contribution < 1.29 is 23.8 Å². The van der Waals surface area contributed by atoms with Crippen LogP contribution in [0.5, 0.6) is 0 Å². The molecule has 0 atom stereocenters. The molecule has 2 aromatic rings. The largest absolute Gasteiger partial charge is 0.477 e. The van der Waals surface area contributed by atoms with Crippen LogP contribution in [0.3, 0.4) is 0 Å². The van der Waals surface area contributed by atoms with Gasteiger partial charge in [-0.1, -0.05) is 0 Å². The van der Waals surface area contributed by atoms with Gasteiger partial charge in [0.2, 0.25) is 0 Å². The highest BCUT2D eigenvalue weighted by Gasteiger charge is 2.12. The average Bonchev–Trinajstić information content (AvgIpc) is 2.45. The minimum atomic E-state index is -1.18. The second-order valence-electron chi connectivity index (χ2n) is 3.96. The third-order valence-corrected chi connectivity index (χ3v) is 2.63. The zero-order chi connectivity index (χ0) is 14.7. The van der Waals surface area contributed by atoms with Gasteiger partial charge in [0.25, 0.3) is 0 Å². The summed E-state index contributed by atoms with van der Waals surface area (Å²) in [6.07, 6.45) is 1.31. The molecule has 0 aliphatic heterocycles. The van der Waals surface area contributed by atoms with Gasteiger partial charge in [0, 0.05) is 6.20 Å². The third kappa shape index (κ3) is 2.80. The number of nitrogens with zero attached hydrogens (tertiary/aromatic N) is 1. The summed E-state index contributed by atoms with van der Waals surface area (Å²) in [5.74, 6) is -2.47. The standard InChI is InChI=1S/C14H10FNO4/c1-20-14(19)10-4-9(5-11(15)6-10)8-2-3-16-12(7-8)13(17)18/h2-7H,1H3,(H,17,18). The number of benzene rings is 1. The van der Waals surface area contributed by atoms with Crippen molar-refractivity contribution in [2.24, 2.45) is 0 Å². The number of methoxy groups -OCH3 is 1. The lowest BCUT2D eigenvalue weighted by atomic mass is 10.0. The van der Waals surface area contributed by atoms with Crippen molar-refractivity contribution in [3.63, 3.8) is 0 Å². The average molecular weight is 275 g/mol. The summed E-state index contributed by atoms with van der Waals surface area (Å²) in [5.41, 5.74) is 0.708. The molecule has 0 aliphatic rings. The van der Waals surface area contributed by atoms with E-state index in [1.54, 1.807) is 0 Å². The lowest BCUT2D eigenvalue weighted by Gasteiger charge is -2.06. The van der Waals surface area contributed by atoms with Crippen molar-refractivity contribution in [3.8, 4) is 11.1 Å². The summed E-state index contributed by atoms with van der Waals surface area (Å²) < 4.78 is 18.1. The first-order chi connectivity index (χ1) is 9.51. The maximum absolute atomic E-state index is 13.5. The van der Waals surface area contributed by atoms with Crippen molar-refractivity contribution in [3.05, 3.63) is 53.6 Å². The molecule has 1 heterocycles. The molecular weight excluding hydrogens is 265 g/mol. The van der Waals surface area contributed by atoms with Gasteiger partial charge < -0.3 is 9.84 Å². The van der Waals surface area contributed by atoms with Crippen molar-refractivity contribution in [2.75, 3.05) is 7.11 Å². The fraction of sp³-hybridized carbons (Fsp3) is 0.0714. The summed E-state index contributed by atoms with van der Waals surface area (Å²) in [4.78, 5) is 26.0. The Morgan fingerprint density at radius 3 is 2.60 bits per heavy atom. The lowest BCUT2D eigenvalue weighted by molar-refractivity contribution is 0.0599. The Bertz CT molecular complexity index is 685. The van der Waals surface area contributed by atoms with E-state index in [9.17, 15) is 14.0 Å². The van der Waals surface area contributed by atoms with Gasteiger partial charge in [0.05, 0.1) is 12.7 Å². The van der Waals surface area contributed by atoms with E-state index >= 15 is 0 Å². The highest BCUT2D eigenvalue weighted by atomic mass is 19.1. The number of rotatable bonds is 3. The van der Waals surface area contributed by atoms with Crippen molar-refractivity contribution in [1.29, 1.82) is 0 Å². The summed E-state index contributed by atoms with van der Waals surface area (Å²) in [7, 11) is 1.20. The molecule has 6 heteroatoms. The van der Waals surface area contributed by atoms with Gasteiger partial charge in [0.15, 0.2) is 0 Å². The van der Waals surface area contributed by atoms with Crippen LogP contribution in [-0.2, 0) is 4.74 Å². The van der Waals surface area contributed by atoms with Crippen LogP contribution >= 0.6 is 0 Å². The number of carboxylic acids is 1. The number of halogens is 1. The number of hydrogen-bond acceptors (Lipinski definition) is 4. The number of aromatic nitrogens is 1. The van der Waals surface area contributed by atoms with E-state index < -0.39 is 17.8 Å². The van der Waals surface area contributed by atoms with Crippen molar-refractivity contribution in [2.45, 2.75) is 0 Å². The highest BCUT2D eigenvalue weighted by Crippen LogP contribution is 2.22. The smallest absolute Gasteiger partial charge is 0.354 e. The van der Waals surface area contributed by atoms with Crippen LogP contribution in [0.25, 0.3) is 11.1 Å². The molecule has 1 aromatic heterocycles. The molecule has 0 saturated heterocycles. The van der Waals surface area contributed by atoms with E-state index in [0.717, 1.165) is 6.07 Å². The number of carbonyl (C=O) groups excluding carboxylic acids is 1. The number of carboxylic acid groups (broad SMARTS) is 1. The molecule has 20 heavy (non-hydrogen) atoms. The SMILES string of the molecule is COC(=O)c1cc(F)cc(-c2ccnc(C(=O)O)c2)c1. The quantitative estimate of drug-likeness (QED) is 0.870.